The number of aryl methyl sites for hydroxylation is 1. The van der Waals surface area contributed by atoms with Gasteiger partial charge in [-0.1, -0.05) is 15.9 Å². The molecule has 2 aromatic rings. The maximum absolute atomic E-state index is 13.0. The van der Waals surface area contributed by atoms with Crippen LogP contribution >= 0.6 is 15.9 Å². The Hall–Kier alpha value is -1.82. The van der Waals surface area contributed by atoms with Crippen LogP contribution in [0.2, 0.25) is 0 Å². The number of amides is 2. The van der Waals surface area contributed by atoms with Gasteiger partial charge in [0.05, 0.1) is 5.92 Å². The van der Waals surface area contributed by atoms with Gasteiger partial charge in [-0.3, -0.25) is 9.59 Å². The van der Waals surface area contributed by atoms with Crippen LogP contribution in [0.25, 0.3) is 11.0 Å². The third-order valence-electron chi connectivity index (χ3n) is 4.60. The number of fused-ring (bicyclic) bond motifs is 1. The second-order valence-corrected chi connectivity index (χ2v) is 7.87. The summed E-state index contributed by atoms with van der Waals surface area (Å²) in [5, 5.41) is 3.89. The molecule has 1 aliphatic rings. The molecule has 25 heavy (non-hydrogen) atoms. The van der Waals surface area contributed by atoms with Gasteiger partial charge in [0.1, 0.15) is 5.58 Å². The Morgan fingerprint density at radius 1 is 1.36 bits per heavy atom. The molecule has 0 bridgehead atoms. The molecule has 1 fully saturated rings. The van der Waals surface area contributed by atoms with Crippen LogP contribution in [0.1, 0.15) is 42.8 Å². The predicted molar refractivity (Wildman–Crippen MR) is 101 cm³/mol. The van der Waals surface area contributed by atoms with Gasteiger partial charge in [0, 0.05) is 34.6 Å². The van der Waals surface area contributed by atoms with Crippen molar-refractivity contribution < 1.29 is 14.0 Å². The van der Waals surface area contributed by atoms with Crippen molar-refractivity contribution in [3.8, 4) is 0 Å². The van der Waals surface area contributed by atoms with E-state index in [2.05, 4.69) is 21.2 Å². The Balaban J connectivity index is 1.81. The molecule has 5 nitrogen and oxygen atoms in total. The number of nitrogens with one attached hydrogen (secondary N) is 1. The fraction of sp³-hybridized carbons (Fsp3) is 0.474. The van der Waals surface area contributed by atoms with Crippen molar-refractivity contribution in [1.29, 1.82) is 0 Å². The largest absolute Gasteiger partial charge is 0.451 e. The smallest absolute Gasteiger partial charge is 0.289 e. The Labute approximate surface area is 155 Å². The molecule has 1 atom stereocenters. The monoisotopic (exact) mass is 406 g/mol. The minimum atomic E-state index is -0.154. The van der Waals surface area contributed by atoms with Crippen LogP contribution in [-0.2, 0) is 4.79 Å². The number of nitrogens with zero attached hydrogens (tertiary/aromatic N) is 1. The molecule has 134 valence electrons. The number of piperidine rings is 1. The molecule has 1 N–H and O–H groups in total. The number of halogens is 1. The molecule has 1 saturated heterocycles. The van der Waals surface area contributed by atoms with Gasteiger partial charge >= 0.3 is 0 Å². The molecular formula is C19H23BrN2O3. The number of carbonyl (C=O) groups excluding carboxylic acids is 2. The van der Waals surface area contributed by atoms with Crippen molar-refractivity contribution in [3.63, 3.8) is 0 Å². The van der Waals surface area contributed by atoms with Crippen LogP contribution in [0.3, 0.4) is 0 Å². The highest BCUT2D eigenvalue weighted by molar-refractivity contribution is 9.10. The second-order valence-electron chi connectivity index (χ2n) is 6.95. The van der Waals surface area contributed by atoms with E-state index in [4.69, 9.17) is 4.42 Å². The van der Waals surface area contributed by atoms with Gasteiger partial charge in [-0.2, -0.15) is 0 Å². The normalized spacial score (nSPS) is 18.0. The van der Waals surface area contributed by atoms with Crippen molar-refractivity contribution in [1.82, 2.24) is 10.2 Å². The molecule has 3 rings (SSSR count). The van der Waals surface area contributed by atoms with E-state index in [0.717, 1.165) is 28.3 Å². The lowest BCUT2D eigenvalue weighted by atomic mass is 9.96. The summed E-state index contributed by atoms with van der Waals surface area (Å²) in [7, 11) is 0. The first kappa shape index (κ1) is 18.0. The Morgan fingerprint density at radius 3 is 2.84 bits per heavy atom. The lowest BCUT2D eigenvalue weighted by molar-refractivity contribution is -0.126. The molecule has 1 aromatic carbocycles. The van der Waals surface area contributed by atoms with E-state index in [9.17, 15) is 9.59 Å². The van der Waals surface area contributed by atoms with Crippen LogP contribution in [0.4, 0.5) is 0 Å². The number of benzene rings is 1. The topological polar surface area (TPSA) is 62.6 Å². The number of likely N-dealkylation sites (tertiary alicyclic amines) is 1. The van der Waals surface area contributed by atoms with Crippen LogP contribution < -0.4 is 5.32 Å². The van der Waals surface area contributed by atoms with Crippen molar-refractivity contribution >= 4 is 38.7 Å². The standard InChI is InChI=1S/C19H23BrN2O3/c1-11(2)21-18(23)13-5-4-8-22(10-13)19(24)17-12(3)15-7-6-14(20)9-16(15)25-17/h6-7,9,11,13H,4-5,8,10H2,1-3H3,(H,21,23). The van der Waals surface area contributed by atoms with E-state index in [1.54, 1.807) is 4.90 Å². The van der Waals surface area contributed by atoms with Gasteiger partial charge in [-0.25, -0.2) is 0 Å². The molecule has 2 amide bonds. The molecule has 2 heterocycles. The van der Waals surface area contributed by atoms with E-state index >= 15 is 0 Å². The molecule has 0 saturated carbocycles. The highest BCUT2D eigenvalue weighted by Gasteiger charge is 2.31. The van der Waals surface area contributed by atoms with Crippen LogP contribution in [-0.4, -0.2) is 35.8 Å². The van der Waals surface area contributed by atoms with Crippen LogP contribution in [0.15, 0.2) is 27.1 Å². The maximum Gasteiger partial charge on any atom is 0.289 e. The maximum atomic E-state index is 13.0. The van der Waals surface area contributed by atoms with Crippen molar-refractivity contribution in [3.05, 3.63) is 34.0 Å². The van der Waals surface area contributed by atoms with Crippen molar-refractivity contribution in [2.45, 2.75) is 39.7 Å². The first-order valence-electron chi connectivity index (χ1n) is 8.65. The molecule has 6 heteroatoms. The van der Waals surface area contributed by atoms with E-state index in [1.165, 1.54) is 0 Å². The number of hydrogen-bond donors (Lipinski definition) is 1. The summed E-state index contributed by atoms with van der Waals surface area (Å²) >= 11 is 3.42. The van der Waals surface area contributed by atoms with E-state index in [-0.39, 0.29) is 23.8 Å². The zero-order chi connectivity index (χ0) is 18.1. The van der Waals surface area contributed by atoms with E-state index < -0.39 is 0 Å². The summed E-state index contributed by atoms with van der Waals surface area (Å²) in [5.41, 5.74) is 1.54. The van der Waals surface area contributed by atoms with Gasteiger partial charge in [-0.15, -0.1) is 0 Å². The lowest BCUT2D eigenvalue weighted by Gasteiger charge is -2.32. The molecule has 0 aliphatic carbocycles. The quantitative estimate of drug-likeness (QED) is 0.840. The van der Waals surface area contributed by atoms with Gasteiger partial charge in [-0.05, 0) is 51.8 Å². The molecule has 1 unspecified atom stereocenters. The minimum absolute atomic E-state index is 0.0257. The lowest BCUT2D eigenvalue weighted by Crippen LogP contribution is -2.46. The van der Waals surface area contributed by atoms with Crippen LogP contribution in [0.5, 0.6) is 0 Å². The van der Waals surface area contributed by atoms with Gasteiger partial charge < -0.3 is 14.6 Å². The number of carbonyl (C=O) groups is 2. The first-order chi connectivity index (χ1) is 11.9. The van der Waals surface area contributed by atoms with Gasteiger partial charge in [0.2, 0.25) is 5.91 Å². The number of rotatable bonds is 3. The first-order valence-corrected chi connectivity index (χ1v) is 9.44. The van der Waals surface area contributed by atoms with Crippen molar-refractivity contribution in [2.24, 2.45) is 5.92 Å². The summed E-state index contributed by atoms with van der Waals surface area (Å²) in [6, 6.07) is 5.86. The Morgan fingerprint density at radius 2 is 2.12 bits per heavy atom. The van der Waals surface area contributed by atoms with E-state index in [1.807, 2.05) is 39.0 Å². The summed E-state index contributed by atoms with van der Waals surface area (Å²) < 4.78 is 6.75. The molecule has 0 radical (unpaired) electrons. The number of furan rings is 1. The third kappa shape index (κ3) is 3.73. The average Bonchev–Trinajstić information content (AvgIpc) is 2.89. The Kier molecular flexibility index (Phi) is 5.18. The molecule has 1 aliphatic heterocycles. The molecular weight excluding hydrogens is 384 g/mol. The minimum Gasteiger partial charge on any atom is -0.451 e. The third-order valence-corrected chi connectivity index (χ3v) is 5.10. The molecule has 0 spiro atoms. The zero-order valence-electron chi connectivity index (χ0n) is 14.8. The summed E-state index contributed by atoms with van der Waals surface area (Å²) in [5.74, 6) is 0.113. The zero-order valence-corrected chi connectivity index (χ0v) is 16.4. The highest BCUT2D eigenvalue weighted by atomic mass is 79.9. The van der Waals surface area contributed by atoms with Crippen molar-refractivity contribution in [2.75, 3.05) is 13.1 Å². The predicted octanol–water partition coefficient (Wildman–Crippen LogP) is 3.88. The SMILES string of the molecule is Cc1c(C(=O)N2CCCC(C(=O)NC(C)C)C2)oc2cc(Br)ccc12. The summed E-state index contributed by atoms with van der Waals surface area (Å²) in [4.78, 5) is 27.0. The molecule has 1 aromatic heterocycles. The van der Waals surface area contributed by atoms with Gasteiger partial charge in [0.15, 0.2) is 5.76 Å². The number of hydrogen-bond acceptors (Lipinski definition) is 3. The average molecular weight is 407 g/mol. The van der Waals surface area contributed by atoms with Gasteiger partial charge in [0.25, 0.3) is 5.91 Å². The van der Waals surface area contributed by atoms with E-state index in [0.29, 0.717) is 24.4 Å². The summed E-state index contributed by atoms with van der Waals surface area (Å²) in [6.07, 6.45) is 1.64. The Bertz CT molecular complexity index is 812. The fourth-order valence-corrected chi connectivity index (χ4v) is 3.66. The summed E-state index contributed by atoms with van der Waals surface area (Å²) in [6.45, 7) is 6.89. The highest BCUT2D eigenvalue weighted by Crippen LogP contribution is 2.29. The fourth-order valence-electron chi connectivity index (χ4n) is 3.32. The van der Waals surface area contributed by atoms with Crippen LogP contribution in [0, 0.1) is 12.8 Å². The second kappa shape index (κ2) is 7.20.